The molecule has 17 heavy (non-hydrogen) atoms. The highest BCUT2D eigenvalue weighted by Gasteiger charge is 2.17. The molecule has 2 rings (SSSR count). The smallest absolute Gasteiger partial charge is 0.276 e. The molecule has 92 valence electrons. The molecule has 0 radical (unpaired) electrons. The number of nitrogens with two attached hydrogens (primary N) is 1. The van der Waals surface area contributed by atoms with E-state index in [1.54, 1.807) is 0 Å². The summed E-state index contributed by atoms with van der Waals surface area (Å²) in [4.78, 5) is 4.31. The van der Waals surface area contributed by atoms with Crippen molar-refractivity contribution in [3.8, 4) is 11.6 Å². The van der Waals surface area contributed by atoms with Crippen LogP contribution in [0.15, 0.2) is 10.6 Å². The van der Waals surface area contributed by atoms with Crippen molar-refractivity contribution in [2.24, 2.45) is 5.73 Å². The lowest BCUT2D eigenvalue weighted by Gasteiger charge is -2.00. The van der Waals surface area contributed by atoms with Gasteiger partial charge >= 0.3 is 0 Å². The van der Waals surface area contributed by atoms with Crippen molar-refractivity contribution in [1.82, 2.24) is 19.9 Å². The first-order valence-corrected chi connectivity index (χ1v) is 5.79. The number of aryl methyl sites for hydroxylation is 2. The quantitative estimate of drug-likeness (QED) is 0.871. The van der Waals surface area contributed by atoms with Gasteiger partial charge in [0.1, 0.15) is 5.69 Å². The van der Waals surface area contributed by atoms with Crippen molar-refractivity contribution in [3.05, 3.63) is 17.6 Å². The van der Waals surface area contributed by atoms with Crippen LogP contribution in [0.1, 0.15) is 37.8 Å². The Morgan fingerprint density at radius 2 is 2.24 bits per heavy atom. The molecule has 0 aliphatic rings. The third kappa shape index (κ3) is 2.21. The number of hydrogen-bond acceptors (Lipinski definition) is 5. The van der Waals surface area contributed by atoms with E-state index in [1.807, 2.05) is 31.5 Å². The lowest BCUT2D eigenvalue weighted by molar-refractivity contribution is 0.411. The average molecular weight is 235 g/mol. The molecule has 0 saturated heterocycles. The molecule has 0 aliphatic carbocycles. The Bertz CT molecular complexity index is 502. The monoisotopic (exact) mass is 235 g/mol. The van der Waals surface area contributed by atoms with Gasteiger partial charge < -0.3 is 10.3 Å². The van der Waals surface area contributed by atoms with Crippen LogP contribution in [0.5, 0.6) is 0 Å². The van der Waals surface area contributed by atoms with E-state index in [0.717, 1.165) is 24.4 Å². The zero-order chi connectivity index (χ0) is 12.4. The molecule has 6 nitrogen and oxygen atoms in total. The van der Waals surface area contributed by atoms with Crippen molar-refractivity contribution >= 4 is 0 Å². The molecule has 0 amide bonds. The first-order chi connectivity index (χ1) is 8.15. The van der Waals surface area contributed by atoms with Gasteiger partial charge in [0.25, 0.3) is 5.89 Å². The van der Waals surface area contributed by atoms with E-state index in [-0.39, 0.29) is 6.04 Å². The van der Waals surface area contributed by atoms with E-state index in [9.17, 15) is 0 Å². The van der Waals surface area contributed by atoms with E-state index in [4.69, 9.17) is 10.3 Å². The van der Waals surface area contributed by atoms with Gasteiger partial charge in [-0.05, 0) is 26.3 Å². The van der Waals surface area contributed by atoms with Crippen LogP contribution in [0.25, 0.3) is 11.6 Å². The van der Waals surface area contributed by atoms with Gasteiger partial charge in [0, 0.05) is 6.54 Å². The Morgan fingerprint density at radius 3 is 2.88 bits per heavy atom. The number of hydrogen-bond donors (Lipinski definition) is 1. The van der Waals surface area contributed by atoms with Crippen LogP contribution < -0.4 is 5.73 Å². The minimum atomic E-state index is -0.174. The van der Waals surface area contributed by atoms with Crippen molar-refractivity contribution in [2.45, 2.75) is 39.8 Å². The van der Waals surface area contributed by atoms with Crippen molar-refractivity contribution in [3.63, 3.8) is 0 Å². The highest BCUT2D eigenvalue weighted by Crippen LogP contribution is 2.20. The molecular weight excluding hydrogens is 218 g/mol. The van der Waals surface area contributed by atoms with Gasteiger partial charge in [-0.25, -0.2) is 0 Å². The van der Waals surface area contributed by atoms with Gasteiger partial charge in [0.15, 0.2) is 5.82 Å². The summed E-state index contributed by atoms with van der Waals surface area (Å²) in [7, 11) is 0. The minimum Gasteiger partial charge on any atom is -0.332 e. The third-order valence-corrected chi connectivity index (χ3v) is 2.63. The van der Waals surface area contributed by atoms with E-state index in [0.29, 0.717) is 11.7 Å². The topological polar surface area (TPSA) is 82.8 Å². The van der Waals surface area contributed by atoms with Crippen LogP contribution in [0, 0.1) is 6.92 Å². The Hall–Kier alpha value is -1.69. The van der Waals surface area contributed by atoms with E-state index in [2.05, 4.69) is 15.2 Å². The lowest BCUT2D eigenvalue weighted by Crippen LogP contribution is -2.10. The Labute approximate surface area is 99.8 Å². The molecule has 6 heteroatoms. The van der Waals surface area contributed by atoms with E-state index in [1.165, 1.54) is 0 Å². The molecule has 0 aliphatic heterocycles. The summed E-state index contributed by atoms with van der Waals surface area (Å²) < 4.78 is 7.06. The largest absolute Gasteiger partial charge is 0.332 e. The van der Waals surface area contributed by atoms with Crippen molar-refractivity contribution in [1.29, 1.82) is 0 Å². The number of rotatable bonds is 4. The van der Waals surface area contributed by atoms with E-state index < -0.39 is 0 Å². The lowest BCUT2D eigenvalue weighted by atomic mass is 10.2. The molecule has 2 N–H and O–H groups in total. The van der Waals surface area contributed by atoms with Gasteiger partial charge in [-0.3, -0.25) is 4.68 Å². The fourth-order valence-electron chi connectivity index (χ4n) is 1.63. The van der Waals surface area contributed by atoms with Gasteiger partial charge in [0.05, 0.1) is 11.7 Å². The molecule has 0 spiro atoms. The summed E-state index contributed by atoms with van der Waals surface area (Å²) in [5, 5.41) is 8.23. The molecule has 2 aromatic rings. The van der Waals surface area contributed by atoms with Crippen molar-refractivity contribution < 1.29 is 4.52 Å². The number of nitrogens with zero attached hydrogens (tertiary/aromatic N) is 4. The van der Waals surface area contributed by atoms with Gasteiger partial charge in [0.2, 0.25) is 0 Å². The second-order valence-corrected chi connectivity index (χ2v) is 3.96. The second kappa shape index (κ2) is 4.67. The normalized spacial score (nSPS) is 12.9. The van der Waals surface area contributed by atoms with E-state index >= 15 is 0 Å². The molecule has 0 bridgehead atoms. The predicted molar refractivity (Wildman–Crippen MR) is 63.1 cm³/mol. The average Bonchev–Trinajstić information content (AvgIpc) is 2.93. The van der Waals surface area contributed by atoms with Gasteiger partial charge in [-0.2, -0.15) is 10.1 Å². The maximum Gasteiger partial charge on any atom is 0.276 e. The Morgan fingerprint density at radius 1 is 1.47 bits per heavy atom. The maximum atomic E-state index is 5.85. The van der Waals surface area contributed by atoms with Crippen LogP contribution in [0.4, 0.5) is 0 Å². The fraction of sp³-hybridized carbons (Fsp3) is 0.545. The standard InChI is InChI=1S/C11H17N5O/c1-4-8(12)10-13-11(17-15-10)9-6-7(3)14-16(9)5-2/h6,8H,4-5,12H2,1-3H3. The summed E-state index contributed by atoms with van der Waals surface area (Å²) >= 11 is 0. The zero-order valence-corrected chi connectivity index (χ0v) is 10.3. The van der Waals surface area contributed by atoms with Crippen LogP contribution >= 0.6 is 0 Å². The first kappa shape index (κ1) is 11.8. The predicted octanol–water partition coefficient (Wildman–Crippen LogP) is 1.67. The Kier molecular flexibility index (Phi) is 3.23. The summed E-state index contributed by atoms with van der Waals surface area (Å²) in [5.41, 5.74) is 7.63. The highest BCUT2D eigenvalue weighted by molar-refractivity contribution is 5.47. The summed E-state index contributed by atoms with van der Waals surface area (Å²) in [5.74, 6) is 1.02. The molecule has 2 aromatic heterocycles. The van der Waals surface area contributed by atoms with Crippen molar-refractivity contribution in [2.75, 3.05) is 0 Å². The molecule has 2 heterocycles. The second-order valence-electron chi connectivity index (χ2n) is 3.96. The molecule has 0 fully saturated rings. The zero-order valence-electron chi connectivity index (χ0n) is 10.3. The summed E-state index contributed by atoms with van der Waals surface area (Å²) in [6.07, 6.45) is 0.783. The molecule has 1 unspecified atom stereocenters. The Balaban J connectivity index is 2.36. The van der Waals surface area contributed by atoms with Gasteiger partial charge in [-0.1, -0.05) is 12.1 Å². The summed E-state index contributed by atoms with van der Waals surface area (Å²) in [6.45, 7) is 6.71. The van der Waals surface area contributed by atoms with Crippen LogP contribution in [-0.2, 0) is 6.54 Å². The number of aromatic nitrogens is 4. The minimum absolute atomic E-state index is 0.174. The summed E-state index contributed by atoms with van der Waals surface area (Å²) in [6, 6.07) is 1.75. The van der Waals surface area contributed by atoms with Crippen LogP contribution in [0.2, 0.25) is 0 Å². The first-order valence-electron chi connectivity index (χ1n) is 5.79. The van der Waals surface area contributed by atoms with Crippen LogP contribution in [-0.4, -0.2) is 19.9 Å². The molecule has 0 aromatic carbocycles. The highest BCUT2D eigenvalue weighted by atomic mass is 16.5. The van der Waals surface area contributed by atoms with Crippen LogP contribution in [0.3, 0.4) is 0 Å². The van der Waals surface area contributed by atoms with Gasteiger partial charge in [-0.15, -0.1) is 0 Å². The third-order valence-electron chi connectivity index (χ3n) is 2.63. The molecule has 0 saturated carbocycles. The molecule has 1 atom stereocenters. The SMILES string of the molecule is CCC(N)c1noc(-c2cc(C)nn2CC)n1. The maximum absolute atomic E-state index is 5.85. The fourth-order valence-corrected chi connectivity index (χ4v) is 1.63. The molecular formula is C11H17N5O.